The smallest absolute Gasteiger partial charge is 0.120 e. The maximum Gasteiger partial charge on any atom is 0.120 e. The summed E-state index contributed by atoms with van der Waals surface area (Å²) in [5, 5.41) is 1.78. The lowest BCUT2D eigenvalue weighted by molar-refractivity contribution is 0.886. The predicted octanol–water partition coefficient (Wildman–Crippen LogP) is 5.17. The molecule has 0 amide bonds. The molecular weight excluding hydrogens is 342 g/mol. The molecule has 0 unspecified atom stereocenters. The summed E-state index contributed by atoms with van der Waals surface area (Å²) in [5.74, 6) is 0. The van der Waals surface area contributed by atoms with Crippen molar-refractivity contribution in [2.75, 3.05) is 0 Å². The molecule has 0 aliphatic heterocycles. The average molecular weight is 366 g/mol. The van der Waals surface area contributed by atoms with Crippen molar-refractivity contribution >= 4 is 40.7 Å². The molecule has 0 aliphatic rings. The van der Waals surface area contributed by atoms with Crippen LogP contribution in [0.15, 0.2) is 58.8 Å². The summed E-state index contributed by atoms with van der Waals surface area (Å²) in [5.41, 5.74) is 5.90. The highest BCUT2D eigenvalue weighted by atomic mass is 32.2. The van der Waals surface area contributed by atoms with E-state index in [-0.39, 0.29) is 0 Å². The largest absolute Gasteiger partial charge is 0.391 e. The number of hydrogen-bond acceptors (Lipinski definition) is 5. The van der Waals surface area contributed by atoms with E-state index in [1.165, 1.54) is 36.4 Å². The Balaban J connectivity index is 0.000000593. The number of nitrogens with two attached hydrogens (primary N) is 1. The van der Waals surface area contributed by atoms with E-state index in [2.05, 4.69) is 23.8 Å². The van der Waals surface area contributed by atoms with Gasteiger partial charge in [0.1, 0.15) is 4.08 Å². The second kappa shape index (κ2) is 10.6. The molecule has 0 saturated heterocycles. The standard InChI is InChI=1S/C13H13N3S3.C4H10/c1-13(12(14)17,18-10-6-2-4-8-15-10)19-11-7-3-5-9-16-11;1-3-4-2/h2-9H,1H3,(H2,14,17);3-4H2,1-2H3. The van der Waals surface area contributed by atoms with Crippen LogP contribution in [0.25, 0.3) is 0 Å². The van der Waals surface area contributed by atoms with Gasteiger partial charge in [0, 0.05) is 12.4 Å². The summed E-state index contributed by atoms with van der Waals surface area (Å²) in [6, 6.07) is 11.5. The van der Waals surface area contributed by atoms with Crippen molar-refractivity contribution in [2.45, 2.75) is 47.7 Å². The van der Waals surface area contributed by atoms with Crippen molar-refractivity contribution in [2.24, 2.45) is 5.73 Å². The van der Waals surface area contributed by atoms with Gasteiger partial charge in [0.15, 0.2) is 0 Å². The number of thiocarbonyl (C=S) groups is 1. The Morgan fingerprint density at radius 3 is 1.70 bits per heavy atom. The van der Waals surface area contributed by atoms with E-state index < -0.39 is 4.08 Å². The maximum absolute atomic E-state index is 5.90. The van der Waals surface area contributed by atoms with Gasteiger partial charge < -0.3 is 5.73 Å². The molecule has 0 radical (unpaired) electrons. The number of rotatable bonds is 6. The van der Waals surface area contributed by atoms with E-state index >= 15 is 0 Å². The zero-order valence-electron chi connectivity index (χ0n) is 13.7. The van der Waals surface area contributed by atoms with E-state index in [9.17, 15) is 0 Å². The fourth-order valence-electron chi connectivity index (χ4n) is 1.34. The molecule has 0 fully saturated rings. The third-order valence-corrected chi connectivity index (χ3v) is 6.11. The van der Waals surface area contributed by atoms with Gasteiger partial charge in [-0.15, -0.1) is 0 Å². The topological polar surface area (TPSA) is 51.8 Å². The van der Waals surface area contributed by atoms with Crippen molar-refractivity contribution in [3.63, 3.8) is 0 Å². The number of thioether (sulfide) groups is 2. The molecule has 2 aromatic heterocycles. The fraction of sp³-hybridized carbons (Fsp3) is 0.353. The van der Waals surface area contributed by atoms with Gasteiger partial charge in [-0.25, -0.2) is 9.97 Å². The Labute approximate surface area is 152 Å². The molecule has 0 aromatic carbocycles. The molecule has 3 nitrogen and oxygen atoms in total. The van der Waals surface area contributed by atoms with Crippen LogP contribution < -0.4 is 5.73 Å². The zero-order chi connectivity index (χ0) is 17.1. The maximum atomic E-state index is 5.90. The molecular formula is C17H23N3S3. The van der Waals surface area contributed by atoms with Crippen LogP contribution in [-0.2, 0) is 0 Å². The molecule has 0 atom stereocenters. The van der Waals surface area contributed by atoms with E-state index in [0.29, 0.717) is 4.99 Å². The second-order valence-electron chi connectivity index (χ2n) is 4.85. The third kappa shape index (κ3) is 7.33. The Kier molecular flexibility index (Phi) is 9.21. The first kappa shape index (κ1) is 19.9. The number of nitrogens with zero attached hydrogens (tertiary/aromatic N) is 2. The number of unbranched alkanes of at least 4 members (excludes halogenated alkanes) is 1. The van der Waals surface area contributed by atoms with Gasteiger partial charge in [0.2, 0.25) is 0 Å². The van der Waals surface area contributed by atoms with E-state index in [4.69, 9.17) is 18.0 Å². The SMILES string of the molecule is CC(Sc1ccccn1)(Sc1ccccn1)C(N)=S.CCCC. The lowest BCUT2D eigenvalue weighted by atomic mass is 10.4. The summed E-state index contributed by atoms with van der Waals surface area (Å²) in [4.78, 5) is 9.03. The van der Waals surface area contributed by atoms with Gasteiger partial charge in [-0.05, 0) is 31.2 Å². The molecule has 0 aliphatic carbocycles. The summed E-state index contributed by atoms with van der Waals surface area (Å²) >= 11 is 8.29. The Morgan fingerprint density at radius 1 is 1.00 bits per heavy atom. The monoisotopic (exact) mass is 365 g/mol. The van der Waals surface area contributed by atoms with Gasteiger partial charge >= 0.3 is 0 Å². The van der Waals surface area contributed by atoms with Crippen LogP contribution in [0.1, 0.15) is 33.6 Å². The summed E-state index contributed by atoms with van der Waals surface area (Å²) in [7, 11) is 0. The summed E-state index contributed by atoms with van der Waals surface area (Å²) < 4.78 is -0.474. The average Bonchev–Trinajstić information content (AvgIpc) is 2.56. The molecule has 23 heavy (non-hydrogen) atoms. The fourth-order valence-corrected chi connectivity index (χ4v) is 3.78. The highest BCUT2D eigenvalue weighted by Gasteiger charge is 2.31. The minimum atomic E-state index is -0.474. The van der Waals surface area contributed by atoms with Crippen LogP contribution in [0.4, 0.5) is 0 Å². The minimum absolute atomic E-state index is 0.429. The van der Waals surface area contributed by atoms with E-state index in [1.54, 1.807) is 12.4 Å². The number of pyridine rings is 2. The Hall–Kier alpha value is -1.11. The molecule has 124 valence electrons. The van der Waals surface area contributed by atoms with Crippen molar-refractivity contribution < 1.29 is 0 Å². The number of aromatic nitrogens is 2. The third-order valence-electron chi connectivity index (χ3n) is 2.82. The number of hydrogen-bond donors (Lipinski definition) is 1. The molecule has 6 heteroatoms. The summed E-state index contributed by atoms with van der Waals surface area (Å²) in [6.07, 6.45) is 6.15. The van der Waals surface area contributed by atoms with Gasteiger partial charge in [-0.3, -0.25) is 0 Å². The molecule has 2 heterocycles. The minimum Gasteiger partial charge on any atom is -0.391 e. The molecule has 2 N–H and O–H groups in total. The normalized spacial score (nSPS) is 10.6. The highest BCUT2D eigenvalue weighted by Crippen LogP contribution is 2.44. The van der Waals surface area contributed by atoms with Crippen molar-refractivity contribution in [1.29, 1.82) is 0 Å². The van der Waals surface area contributed by atoms with Crippen LogP contribution in [0.3, 0.4) is 0 Å². The van der Waals surface area contributed by atoms with Gasteiger partial charge in [-0.1, -0.05) is 74.6 Å². The van der Waals surface area contributed by atoms with Crippen LogP contribution in [0.5, 0.6) is 0 Å². The lowest BCUT2D eigenvalue weighted by Gasteiger charge is -2.26. The van der Waals surface area contributed by atoms with Crippen molar-refractivity contribution in [3.05, 3.63) is 48.8 Å². The molecule has 0 spiro atoms. The predicted molar refractivity (Wildman–Crippen MR) is 106 cm³/mol. The van der Waals surface area contributed by atoms with E-state index in [1.807, 2.05) is 43.3 Å². The highest BCUT2D eigenvalue weighted by molar-refractivity contribution is 8.20. The summed E-state index contributed by atoms with van der Waals surface area (Å²) in [6.45, 7) is 6.36. The Morgan fingerprint density at radius 2 is 1.43 bits per heavy atom. The van der Waals surface area contributed by atoms with Crippen LogP contribution >= 0.6 is 35.7 Å². The molecule has 2 rings (SSSR count). The van der Waals surface area contributed by atoms with Crippen LogP contribution in [0.2, 0.25) is 0 Å². The van der Waals surface area contributed by atoms with Gasteiger partial charge in [0.25, 0.3) is 0 Å². The lowest BCUT2D eigenvalue weighted by Crippen LogP contribution is -2.33. The molecule has 2 aromatic rings. The quantitative estimate of drug-likeness (QED) is 0.433. The van der Waals surface area contributed by atoms with E-state index in [0.717, 1.165) is 10.1 Å². The van der Waals surface area contributed by atoms with Gasteiger partial charge in [-0.2, -0.15) is 0 Å². The van der Waals surface area contributed by atoms with Crippen LogP contribution in [-0.4, -0.2) is 19.0 Å². The zero-order valence-corrected chi connectivity index (χ0v) is 16.2. The van der Waals surface area contributed by atoms with Gasteiger partial charge in [0.05, 0.1) is 15.0 Å². The van der Waals surface area contributed by atoms with Crippen molar-refractivity contribution in [3.8, 4) is 0 Å². The first-order chi connectivity index (χ1) is 11.0. The van der Waals surface area contributed by atoms with Crippen molar-refractivity contribution in [1.82, 2.24) is 9.97 Å². The molecule has 0 bridgehead atoms. The molecule has 0 saturated carbocycles. The Bertz CT molecular complexity index is 533. The van der Waals surface area contributed by atoms with Crippen LogP contribution in [0, 0.1) is 0 Å². The second-order valence-corrected chi connectivity index (χ2v) is 8.43. The first-order valence-corrected chi connectivity index (χ1v) is 9.56. The first-order valence-electron chi connectivity index (χ1n) is 7.51.